The Morgan fingerprint density at radius 3 is 2.69 bits per heavy atom. The van der Waals surface area contributed by atoms with Crippen molar-refractivity contribution in [3.05, 3.63) is 69.5 Å². The molecule has 4 aromatic rings. The van der Waals surface area contributed by atoms with Gasteiger partial charge in [0.25, 0.3) is 5.13 Å². The maximum absolute atomic E-state index is 13.4. The fourth-order valence-electron chi connectivity index (χ4n) is 3.78. The van der Waals surface area contributed by atoms with Gasteiger partial charge in [0.05, 0.1) is 22.9 Å². The van der Waals surface area contributed by atoms with E-state index in [4.69, 9.17) is 9.47 Å². The van der Waals surface area contributed by atoms with Crippen molar-refractivity contribution in [3.63, 3.8) is 0 Å². The van der Waals surface area contributed by atoms with Gasteiger partial charge in [-0.1, -0.05) is 17.4 Å². The highest BCUT2D eigenvalue weighted by Crippen LogP contribution is 2.42. The number of nitrogens with zero attached hydrogens (tertiary/aromatic N) is 2. The first kappa shape index (κ1) is 24.7. The van der Waals surface area contributed by atoms with Crippen LogP contribution in [-0.2, 0) is 16.2 Å². The number of benzene rings is 2. The van der Waals surface area contributed by atoms with E-state index in [9.17, 15) is 21.6 Å². The van der Waals surface area contributed by atoms with Crippen molar-refractivity contribution in [2.45, 2.75) is 30.5 Å². The Morgan fingerprint density at radius 2 is 2.00 bits per heavy atom. The van der Waals surface area contributed by atoms with Gasteiger partial charge in [-0.2, -0.15) is 31.3 Å². The second kappa shape index (κ2) is 9.47. The fourth-order valence-corrected chi connectivity index (χ4v) is 6.37. The molecule has 36 heavy (non-hydrogen) atoms. The molecule has 188 valence electrons. The molecule has 0 amide bonds. The van der Waals surface area contributed by atoms with Crippen molar-refractivity contribution in [1.82, 2.24) is 9.97 Å². The second-order valence-electron chi connectivity index (χ2n) is 7.94. The molecule has 13 heteroatoms. The number of alkyl halides is 3. The normalized spacial score (nSPS) is 15.8. The predicted molar refractivity (Wildman–Crippen MR) is 128 cm³/mol. The number of halogens is 3. The molecule has 1 atom stereocenters. The van der Waals surface area contributed by atoms with Crippen molar-refractivity contribution in [2.24, 2.45) is 0 Å². The summed E-state index contributed by atoms with van der Waals surface area (Å²) in [6, 6.07) is 7.81. The SMILES string of the molecule is Cc1nc(-c2cc(C(F)(F)F)ccc2O[C@@H]2CCOc3cc(S(=O)(=O)[NH2+]c4nccs4)ccc32)cs1. The number of nitrogens with two attached hydrogens (primary N) is 1. The molecule has 0 fully saturated rings. The first-order valence-corrected chi connectivity index (χ1v) is 14.0. The lowest BCUT2D eigenvalue weighted by Gasteiger charge is -2.28. The first-order valence-electron chi connectivity index (χ1n) is 10.7. The minimum Gasteiger partial charge on any atom is -0.493 e. The first-order chi connectivity index (χ1) is 17.1. The molecule has 3 heterocycles. The largest absolute Gasteiger partial charge is 0.493 e. The summed E-state index contributed by atoms with van der Waals surface area (Å²) < 4.78 is 78.8. The number of aryl methyl sites for hydroxylation is 1. The summed E-state index contributed by atoms with van der Waals surface area (Å²) in [7, 11) is -3.76. The van der Waals surface area contributed by atoms with Crippen molar-refractivity contribution in [2.75, 3.05) is 6.61 Å². The molecule has 2 aromatic carbocycles. The van der Waals surface area contributed by atoms with E-state index in [-0.39, 0.29) is 22.8 Å². The zero-order valence-corrected chi connectivity index (χ0v) is 21.1. The number of fused-ring (bicyclic) bond motifs is 1. The van der Waals surface area contributed by atoms with Gasteiger partial charge in [0.1, 0.15) is 22.5 Å². The lowest BCUT2D eigenvalue weighted by Crippen LogP contribution is -2.81. The summed E-state index contributed by atoms with van der Waals surface area (Å²) in [6.45, 7) is 2.03. The molecule has 0 saturated carbocycles. The Bertz CT molecular complexity index is 1500. The van der Waals surface area contributed by atoms with Crippen LogP contribution in [0.4, 0.5) is 18.3 Å². The highest BCUT2D eigenvalue weighted by Gasteiger charge is 2.33. The van der Waals surface area contributed by atoms with Crippen LogP contribution >= 0.6 is 22.7 Å². The van der Waals surface area contributed by atoms with Crippen molar-refractivity contribution in [3.8, 4) is 22.8 Å². The molecule has 0 radical (unpaired) electrons. The van der Waals surface area contributed by atoms with Gasteiger partial charge < -0.3 is 9.47 Å². The zero-order valence-electron chi connectivity index (χ0n) is 18.7. The fraction of sp³-hybridized carbons (Fsp3) is 0.217. The van der Waals surface area contributed by atoms with E-state index >= 15 is 0 Å². The molecule has 0 saturated heterocycles. The van der Waals surface area contributed by atoms with Crippen LogP contribution in [0.25, 0.3) is 11.3 Å². The Labute approximate surface area is 212 Å². The Morgan fingerprint density at radius 1 is 1.17 bits per heavy atom. The third-order valence-corrected chi connectivity index (χ3v) is 8.57. The average molecular weight is 555 g/mol. The molecular formula is C23H19F3N3O4S3+. The number of sulfonamides is 1. The average Bonchev–Trinajstić information content (AvgIpc) is 3.50. The van der Waals surface area contributed by atoms with Crippen LogP contribution in [-0.4, -0.2) is 25.0 Å². The lowest BCUT2D eigenvalue weighted by atomic mass is 10.0. The highest BCUT2D eigenvalue weighted by molar-refractivity contribution is 7.85. The topological polar surface area (TPSA) is 95.0 Å². The monoisotopic (exact) mass is 554 g/mol. The predicted octanol–water partition coefficient (Wildman–Crippen LogP) is 5.08. The summed E-state index contributed by atoms with van der Waals surface area (Å²) in [4.78, 5) is 8.38. The second-order valence-corrected chi connectivity index (χ2v) is 11.7. The van der Waals surface area contributed by atoms with Gasteiger partial charge in [-0.25, -0.2) is 4.98 Å². The van der Waals surface area contributed by atoms with Gasteiger partial charge in [0.2, 0.25) is 0 Å². The van der Waals surface area contributed by atoms with Crippen LogP contribution < -0.4 is 14.2 Å². The minimum absolute atomic E-state index is 0.0465. The van der Waals surface area contributed by atoms with Gasteiger partial charge >= 0.3 is 16.2 Å². The van der Waals surface area contributed by atoms with Crippen LogP contribution in [0.15, 0.2) is 58.3 Å². The van der Waals surface area contributed by atoms with Gasteiger partial charge in [-0.05, 0) is 31.2 Å². The summed E-state index contributed by atoms with van der Waals surface area (Å²) in [5.74, 6) is 0.595. The number of quaternary nitrogens is 1. The number of rotatable bonds is 6. The van der Waals surface area contributed by atoms with E-state index in [0.717, 1.165) is 16.9 Å². The van der Waals surface area contributed by atoms with E-state index in [2.05, 4.69) is 9.97 Å². The van der Waals surface area contributed by atoms with E-state index in [0.29, 0.717) is 33.6 Å². The summed E-state index contributed by atoms with van der Waals surface area (Å²) in [5.41, 5.74) is 0.438. The molecular weight excluding hydrogens is 535 g/mol. The van der Waals surface area contributed by atoms with E-state index in [1.54, 1.807) is 23.8 Å². The number of primary sulfonamides is 1. The molecule has 0 spiro atoms. The molecule has 1 aliphatic rings. The molecule has 1 aliphatic heterocycles. The standard InChI is InChI=1S/C23H18F3N3O4S3/c1-13-28-18(12-35-13)17-10-14(23(24,25)26)2-5-19(17)33-20-6-8-32-21-11-15(3-4-16(20)21)36(30,31)29-22-27-7-9-34-22/h2-5,7,9-12,20H,6,8H2,1H3,(H,27,29)/p+1/t20-/m1/s1. The van der Waals surface area contributed by atoms with Crippen molar-refractivity contribution >= 4 is 37.8 Å². The molecule has 2 aromatic heterocycles. The van der Waals surface area contributed by atoms with Gasteiger partial charge in [-0.15, -0.1) is 11.3 Å². The number of hydrogen-bond donors (Lipinski definition) is 1. The van der Waals surface area contributed by atoms with E-state index in [1.165, 1.54) is 47.1 Å². The quantitative estimate of drug-likeness (QED) is 0.357. The molecule has 7 nitrogen and oxygen atoms in total. The maximum Gasteiger partial charge on any atom is 0.416 e. The molecule has 5 rings (SSSR count). The highest BCUT2D eigenvalue weighted by atomic mass is 32.2. The summed E-state index contributed by atoms with van der Waals surface area (Å²) >= 11 is 2.54. The Balaban J connectivity index is 1.47. The number of hydrogen-bond acceptors (Lipinski definition) is 8. The number of thiazole rings is 2. The van der Waals surface area contributed by atoms with Crippen molar-refractivity contribution < 1.29 is 35.8 Å². The Kier molecular flexibility index (Phi) is 6.49. The molecule has 0 aliphatic carbocycles. The molecule has 2 N–H and O–H groups in total. The van der Waals surface area contributed by atoms with E-state index in [1.807, 2.05) is 0 Å². The van der Waals surface area contributed by atoms with Crippen LogP contribution in [0.3, 0.4) is 0 Å². The number of aromatic nitrogens is 2. The van der Waals surface area contributed by atoms with Crippen LogP contribution in [0.5, 0.6) is 11.5 Å². The maximum atomic E-state index is 13.4. The molecule has 0 bridgehead atoms. The van der Waals surface area contributed by atoms with Gasteiger partial charge in [-0.3, -0.25) is 0 Å². The lowest BCUT2D eigenvalue weighted by molar-refractivity contribution is -0.397. The molecule has 0 unspecified atom stereocenters. The number of ether oxygens (including phenoxy) is 2. The van der Waals surface area contributed by atoms with Crippen LogP contribution in [0.1, 0.15) is 28.7 Å². The zero-order chi connectivity index (χ0) is 25.5. The third-order valence-electron chi connectivity index (χ3n) is 5.48. The van der Waals surface area contributed by atoms with Gasteiger partial charge in [0.15, 0.2) is 0 Å². The summed E-state index contributed by atoms with van der Waals surface area (Å²) in [6.07, 6.45) is -3.11. The van der Waals surface area contributed by atoms with Crippen LogP contribution in [0.2, 0.25) is 0 Å². The Hall–Kier alpha value is -3.00. The van der Waals surface area contributed by atoms with Gasteiger partial charge in [0, 0.05) is 40.6 Å². The summed E-state index contributed by atoms with van der Waals surface area (Å²) in [5, 5.41) is 4.45. The third kappa shape index (κ3) is 5.09. The smallest absolute Gasteiger partial charge is 0.416 e. The van der Waals surface area contributed by atoms with Crippen molar-refractivity contribution in [1.29, 1.82) is 0 Å². The van der Waals surface area contributed by atoms with Crippen LogP contribution in [0, 0.1) is 6.92 Å². The minimum atomic E-state index is -4.51. The van der Waals surface area contributed by atoms with E-state index < -0.39 is 27.9 Å².